The molecule has 7 heteroatoms. The van der Waals surface area contributed by atoms with Crippen molar-refractivity contribution < 1.29 is 23.8 Å². The van der Waals surface area contributed by atoms with Gasteiger partial charge in [-0.3, -0.25) is 14.5 Å². The SMILES string of the molecule is COc1ccc(Cl)cc1/C(O)=C1/C(=O)C(=O)N(c2ccc(C)c(C)c2)C1c1ccco1. The number of aliphatic hydroxyl groups excluding tert-OH is 1. The molecular weight excluding hydrogens is 418 g/mol. The van der Waals surface area contributed by atoms with Gasteiger partial charge in [-0.25, -0.2) is 0 Å². The number of Topliss-reactive ketones (excluding diaryl/α,β-unsaturated/α-hetero) is 1. The summed E-state index contributed by atoms with van der Waals surface area (Å²) < 4.78 is 10.9. The van der Waals surface area contributed by atoms with E-state index >= 15 is 0 Å². The van der Waals surface area contributed by atoms with Gasteiger partial charge >= 0.3 is 0 Å². The van der Waals surface area contributed by atoms with E-state index < -0.39 is 17.7 Å². The maximum atomic E-state index is 13.1. The summed E-state index contributed by atoms with van der Waals surface area (Å²) >= 11 is 6.11. The zero-order valence-corrected chi connectivity index (χ0v) is 17.9. The van der Waals surface area contributed by atoms with Crippen molar-refractivity contribution in [2.75, 3.05) is 12.0 Å². The molecule has 0 bridgehead atoms. The molecule has 1 unspecified atom stereocenters. The highest BCUT2D eigenvalue weighted by molar-refractivity contribution is 6.51. The van der Waals surface area contributed by atoms with Crippen LogP contribution in [-0.4, -0.2) is 23.9 Å². The van der Waals surface area contributed by atoms with E-state index in [1.165, 1.54) is 24.3 Å². The molecule has 4 rings (SSSR count). The number of ether oxygens (including phenoxy) is 1. The summed E-state index contributed by atoms with van der Waals surface area (Å²) in [6.07, 6.45) is 1.45. The molecule has 1 aliphatic rings. The quantitative estimate of drug-likeness (QED) is 0.345. The predicted octanol–water partition coefficient (Wildman–Crippen LogP) is 5.18. The van der Waals surface area contributed by atoms with Gasteiger partial charge < -0.3 is 14.3 Å². The van der Waals surface area contributed by atoms with Crippen molar-refractivity contribution in [1.82, 2.24) is 0 Å². The number of carbonyl (C=O) groups excluding carboxylic acids is 2. The highest BCUT2D eigenvalue weighted by atomic mass is 35.5. The van der Waals surface area contributed by atoms with Gasteiger partial charge in [0.15, 0.2) is 0 Å². The molecule has 158 valence electrons. The van der Waals surface area contributed by atoms with Crippen molar-refractivity contribution in [3.8, 4) is 5.75 Å². The Morgan fingerprint density at radius 3 is 2.52 bits per heavy atom. The van der Waals surface area contributed by atoms with Crippen LogP contribution in [0.3, 0.4) is 0 Å². The number of hydrogen-bond donors (Lipinski definition) is 1. The lowest BCUT2D eigenvalue weighted by molar-refractivity contribution is -0.132. The number of aliphatic hydroxyl groups is 1. The Labute approximate surface area is 184 Å². The first-order valence-electron chi connectivity index (χ1n) is 9.59. The number of methoxy groups -OCH3 is 1. The molecule has 0 spiro atoms. The molecule has 2 heterocycles. The van der Waals surface area contributed by atoms with Gasteiger partial charge in [-0.1, -0.05) is 17.7 Å². The minimum Gasteiger partial charge on any atom is -0.507 e. The van der Waals surface area contributed by atoms with Gasteiger partial charge in [-0.05, 0) is 67.4 Å². The number of aryl methyl sites for hydroxylation is 2. The normalized spacial score (nSPS) is 17.9. The maximum absolute atomic E-state index is 13.1. The van der Waals surface area contributed by atoms with Gasteiger partial charge in [0, 0.05) is 10.7 Å². The molecule has 1 N–H and O–H groups in total. The highest BCUT2D eigenvalue weighted by Crippen LogP contribution is 2.44. The molecule has 1 saturated heterocycles. The van der Waals surface area contributed by atoms with E-state index in [4.69, 9.17) is 20.8 Å². The van der Waals surface area contributed by atoms with Crippen LogP contribution in [0.2, 0.25) is 5.02 Å². The van der Waals surface area contributed by atoms with Gasteiger partial charge in [0.25, 0.3) is 11.7 Å². The first-order valence-corrected chi connectivity index (χ1v) is 9.97. The Hall–Kier alpha value is -3.51. The van der Waals surface area contributed by atoms with Crippen molar-refractivity contribution in [2.24, 2.45) is 0 Å². The third-order valence-electron chi connectivity index (χ3n) is 5.44. The number of rotatable bonds is 4. The number of amides is 1. The third kappa shape index (κ3) is 3.49. The molecule has 0 radical (unpaired) electrons. The minimum absolute atomic E-state index is 0.0984. The molecule has 31 heavy (non-hydrogen) atoms. The second kappa shape index (κ2) is 7.96. The smallest absolute Gasteiger partial charge is 0.300 e. The number of ketones is 1. The standard InChI is InChI=1S/C24H20ClNO5/c1-13-6-8-16(11-14(13)2)26-21(19-5-4-10-31-19)20(23(28)24(26)29)22(27)17-12-15(25)7-9-18(17)30-3/h4-12,21,27H,1-3H3/b22-20-. The summed E-state index contributed by atoms with van der Waals surface area (Å²) in [5.74, 6) is -1.30. The van der Waals surface area contributed by atoms with E-state index in [2.05, 4.69) is 0 Å². The van der Waals surface area contributed by atoms with E-state index in [1.807, 2.05) is 26.0 Å². The molecule has 2 aromatic carbocycles. The lowest BCUT2D eigenvalue weighted by Gasteiger charge is -2.24. The van der Waals surface area contributed by atoms with E-state index in [9.17, 15) is 14.7 Å². The van der Waals surface area contributed by atoms with Crippen LogP contribution < -0.4 is 9.64 Å². The number of carbonyl (C=O) groups is 2. The van der Waals surface area contributed by atoms with Crippen LogP contribution in [0.5, 0.6) is 5.75 Å². The summed E-state index contributed by atoms with van der Waals surface area (Å²) in [4.78, 5) is 27.6. The predicted molar refractivity (Wildman–Crippen MR) is 117 cm³/mol. The zero-order valence-electron chi connectivity index (χ0n) is 17.2. The van der Waals surface area contributed by atoms with E-state index in [-0.39, 0.29) is 16.9 Å². The fraction of sp³-hybridized carbons (Fsp3) is 0.167. The Kier molecular flexibility index (Phi) is 5.33. The summed E-state index contributed by atoms with van der Waals surface area (Å²) in [6.45, 7) is 3.89. The largest absolute Gasteiger partial charge is 0.507 e. The lowest BCUT2D eigenvalue weighted by atomic mass is 9.98. The summed E-state index contributed by atoms with van der Waals surface area (Å²) in [7, 11) is 1.44. The highest BCUT2D eigenvalue weighted by Gasteiger charge is 2.48. The molecule has 3 aromatic rings. The molecular formula is C24H20ClNO5. The van der Waals surface area contributed by atoms with Crippen LogP contribution in [0.15, 0.2) is 64.8 Å². The van der Waals surface area contributed by atoms with Crippen molar-refractivity contribution >= 4 is 34.7 Å². The molecule has 1 aromatic heterocycles. The fourth-order valence-corrected chi connectivity index (χ4v) is 3.87. The van der Waals surface area contributed by atoms with Crippen LogP contribution >= 0.6 is 11.6 Å². The first-order chi connectivity index (χ1) is 14.8. The van der Waals surface area contributed by atoms with Gasteiger partial charge in [0.1, 0.15) is 23.3 Å². The fourth-order valence-electron chi connectivity index (χ4n) is 3.70. The third-order valence-corrected chi connectivity index (χ3v) is 5.68. The van der Waals surface area contributed by atoms with Crippen molar-refractivity contribution in [3.05, 3.63) is 87.8 Å². The Morgan fingerprint density at radius 1 is 1.10 bits per heavy atom. The molecule has 1 amide bonds. The monoisotopic (exact) mass is 437 g/mol. The average molecular weight is 438 g/mol. The molecule has 0 saturated carbocycles. The van der Waals surface area contributed by atoms with E-state index in [0.717, 1.165) is 11.1 Å². The number of hydrogen-bond acceptors (Lipinski definition) is 5. The van der Waals surface area contributed by atoms with E-state index in [0.29, 0.717) is 22.2 Å². The van der Waals surface area contributed by atoms with Crippen molar-refractivity contribution in [3.63, 3.8) is 0 Å². The van der Waals surface area contributed by atoms with Crippen LogP contribution in [-0.2, 0) is 9.59 Å². The summed E-state index contributed by atoms with van der Waals surface area (Å²) in [5, 5.41) is 11.5. The Morgan fingerprint density at radius 2 is 1.87 bits per heavy atom. The van der Waals surface area contributed by atoms with Gasteiger partial charge in [-0.15, -0.1) is 0 Å². The second-order valence-corrected chi connectivity index (χ2v) is 7.73. The minimum atomic E-state index is -0.944. The van der Waals surface area contributed by atoms with Crippen molar-refractivity contribution in [2.45, 2.75) is 19.9 Å². The van der Waals surface area contributed by atoms with Crippen LogP contribution in [0.25, 0.3) is 5.76 Å². The zero-order chi connectivity index (χ0) is 22.3. The van der Waals surface area contributed by atoms with Gasteiger partial charge in [0.05, 0.1) is 24.5 Å². The molecule has 1 fully saturated rings. The van der Waals surface area contributed by atoms with Gasteiger partial charge in [0.2, 0.25) is 0 Å². The van der Waals surface area contributed by atoms with E-state index in [1.54, 1.807) is 30.3 Å². The molecule has 1 aliphatic heterocycles. The topological polar surface area (TPSA) is 80.0 Å². The molecule has 6 nitrogen and oxygen atoms in total. The van der Waals surface area contributed by atoms with Gasteiger partial charge in [-0.2, -0.15) is 0 Å². The second-order valence-electron chi connectivity index (χ2n) is 7.30. The number of nitrogens with zero attached hydrogens (tertiary/aromatic N) is 1. The number of furan rings is 1. The lowest BCUT2D eigenvalue weighted by Crippen LogP contribution is -2.29. The summed E-state index contributed by atoms with van der Waals surface area (Å²) in [5.41, 5.74) is 2.67. The van der Waals surface area contributed by atoms with Crippen LogP contribution in [0.1, 0.15) is 28.5 Å². The molecule has 0 aliphatic carbocycles. The van der Waals surface area contributed by atoms with Crippen LogP contribution in [0.4, 0.5) is 5.69 Å². The Balaban J connectivity index is 1.97. The average Bonchev–Trinajstić information content (AvgIpc) is 3.37. The molecule has 1 atom stereocenters. The van der Waals surface area contributed by atoms with Crippen molar-refractivity contribution in [1.29, 1.82) is 0 Å². The Bertz CT molecular complexity index is 1210. The first kappa shape index (κ1) is 20.8. The number of anilines is 1. The maximum Gasteiger partial charge on any atom is 0.300 e. The number of benzene rings is 2. The van der Waals surface area contributed by atoms with Crippen LogP contribution in [0, 0.1) is 13.8 Å². The summed E-state index contributed by atoms with van der Waals surface area (Å²) in [6, 6.07) is 12.5. The number of halogens is 1.